The molecule has 5 aliphatic rings. The zero-order valence-corrected chi connectivity index (χ0v) is 17.9. The Morgan fingerprint density at radius 1 is 1.10 bits per heavy atom. The van der Waals surface area contributed by atoms with Crippen LogP contribution in [0.15, 0.2) is 30.6 Å². The highest BCUT2D eigenvalue weighted by molar-refractivity contribution is 5.81. The summed E-state index contributed by atoms with van der Waals surface area (Å²) in [7, 11) is 0. The summed E-state index contributed by atoms with van der Waals surface area (Å²) in [5, 5.41) is 0. The first-order valence-corrected chi connectivity index (χ1v) is 11.9. The Kier molecular flexibility index (Phi) is 3.87. The number of hydrogen-bond donors (Lipinski definition) is 0. The van der Waals surface area contributed by atoms with Gasteiger partial charge in [0.05, 0.1) is 0 Å². The van der Waals surface area contributed by atoms with E-state index in [0.717, 1.165) is 37.1 Å². The largest absolute Gasteiger partial charge is 0.339 e. The minimum atomic E-state index is 0.301. The van der Waals surface area contributed by atoms with Crippen molar-refractivity contribution in [1.82, 2.24) is 9.88 Å². The Morgan fingerprint density at radius 3 is 2.72 bits per heavy atom. The molecule has 1 aromatic rings. The summed E-state index contributed by atoms with van der Waals surface area (Å²) < 4.78 is 0. The predicted molar refractivity (Wildman–Crippen MR) is 115 cm³/mol. The number of likely N-dealkylation sites (tertiary alicyclic amines) is 1. The van der Waals surface area contributed by atoms with E-state index in [1.54, 1.807) is 5.57 Å². The summed E-state index contributed by atoms with van der Waals surface area (Å²) >= 11 is 0. The summed E-state index contributed by atoms with van der Waals surface area (Å²) in [6.45, 7) is 6.09. The first-order valence-electron chi connectivity index (χ1n) is 11.9. The Labute approximate surface area is 175 Å². The first-order chi connectivity index (χ1) is 14.0. The molecule has 6 rings (SSSR count). The van der Waals surface area contributed by atoms with E-state index in [4.69, 9.17) is 0 Å². The molecule has 29 heavy (non-hydrogen) atoms. The van der Waals surface area contributed by atoms with Crippen LogP contribution in [0, 0.1) is 34.5 Å². The predicted octanol–water partition coefficient (Wildman–Crippen LogP) is 5.33. The van der Waals surface area contributed by atoms with Gasteiger partial charge in [0.1, 0.15) is 0 Å². The zero-order chi connectivity index (χ0) is 19.8. The molecule has 3 heteroatoms. The van der Waals surface area contributed by atoms with Gasteiger partial charge in [-0.3, -0.25) is 9.78 Å². The summed E-state index contributed by atoms with van der Waals surface area (Å²) in [5.74, 6) is 3.22. The van der Waals surface area contributed by atoms with Gasteiger partial charge in [0.25, 0.3) is 0 Å². The van der Waals surface area contributed by atoms with Gasteiger partial charge in [0.2, 0.25) is 5.91 Å². The van der Waals surface area contributed by atoms with E-state index in [0.29, 0.717) is 28.7 Å². The Bertz CT molecular complexity index is 859. The summed E-state index contributed by atoms with van der Waals surface area (Å²) in [4.78, 5) is 19.6. The van der Waals surface area contributed by atoms with Gasteiger partial charge in [-0.25, -0.2) is 0 Å². The number of pyridine rings is 1. The maximum Gasteiger partial charge on any atom is 0.225 e. The average molecular weight is 391 g/mol. The molecule has 0 radical (unpaired) electrons. The molecule has 4 aliphatic carbocycles. The van der Waals surface area contributed by atoms with Crippen LogP contribution >= 0.6 is 0 Å². The number of allylic oxidation sites excluding steroid dienone is 2. The molecule has 1 saturated heterocycles. The van der Waals surface area contributed by atoms with Crippen molar-refractivity contribution in [3.63, 3.8) is 0 Å². The summed E-state index contributed by atoms with van der Waals surface area (Å²) in [6.07, 6.45) is 16.4. The minimum absolute atomic E-state index is 0.301. The van der Waals surface area contributed by atoms with Crippen molar-refractivity contribution >= 4 is 11.5 Å². The van der Waals surface area contributed by atoms with Crippen LogP contribution in [0.5, 0.6) is 0 Å². The third-order valence-corrected chi connectivity index (χ3v) is 9.85. The van der Waals surface area contributed by atoms with Gasteiger partial charge in [-0.2, -0.15) is 0 Å². The lowest BCUT2D eigenvalue weighted by Crippen LogP contribution is -2.54. The van der Waals surface area contributed by atoms with E-state index in [1.165, 1.54) is 44.1 Å². The molecule has 4 fully saturated rings. The molecule has 2 heterocycles. The molecule has 0 bridgehead atoms. The smallest absolute Gasteiger partial charge is 0.225 e. The Morgan fingerprint density at radius 2 is 1.97 bits per heavy atom. The van der Waals surface area contributed by atoms with Gasteiger partial charge in [-0.1, -0.05) is 26.0 Å². The Hall–Kier alpha value is -1.64. The fourth-order valence-corrected chi connectivity index (χ4v) is 8.18. The van der Waals surface area contributed by atoms with E-state index in [2.05, 4.69) is 48.1 Å². The molecule has 3 nitrogen and oxygen atoms in total. The van der Waals surface area contributed by atoms with Gasteiger partial charge in [-0.05, 0) is 97.2 Å². The van der Waals surface area contributed by atoms with Crippen molar-refractivity contribution in [1.29, 1.82) is 0 Å². The van der Waals surface area contributed by atoms with Gasteiger partial charge < -0.3 is 4.90 Å². The molecule has 6 atom stereocenters. The van der Waals surface area contributed by atoms with Crippen LogP contribution in [-0.2, 0) is 4.79 Å². The number of carbonyl (C=O) groups is 1. The third-order valence-electron chi connectivity index (χ3n) is 9.85. The van der Waals surface area contributed by atoms with Crippen LogP contribution in [0.2, 0.25) is 0 Å². The third kappa shape index (κ3) is 2.48. The summed E-state index contributed by atoms with van der Waals surface area (Å²) in [5.41, 5.74) is 3.53. The summed E-state index contributed by atoms with van der Waals surface area (Å²) in [6, 6.07) is 4.83. The lowest BCUT2D eigenvalue weighted by Gasteiger charge is -2.57. The molecule has 3 saturated carbocycles. The van der Waals surface area contributed by atoms with Gasteiger partial charge in [0, 0.05) is 30.9 Å². The molecule has 0 spiro atoms. The van der Waals surface area contributed by atoms with E-state index in [1.807, 2.05) is 6.20 Å². The highest BCUT2D eigenvalue weighted by Gasteiger charge is 2.61. The van der Waals surface area contributed by atoms with Gasteiger partial charge in [-0.15, -0.1) is 0 Å². The standard InChI is InChI=1S/C26H34N2O/c1-25-12-11-22-19(21(25)9-8-20(25)18-4-3-14-27-16-18)7-10-23-26(22,2)13-15-28(23)24(29)17-5-6-17/h3-4,8,14,16-17,19,21-23H,5-7,9-13,15H2,1-2H3/t19-,21-,22?,23?,25+,26+/m0/s1. The lowest BCUT2D eigenvalue weighted by atomic mass is 9.48. The van der Waals surface area contributed by atoms with Crippen LogP contribution in [0.25, 0.3) is 5.57 Å². The van der Waals surface area contributed by atoms with Crippen LogP contribution in [0.3, 0.4) is 0 Å². The van der Waals surface area contributed by atoms with Crippen molar-refractivity contribution < 1.29 is 4.79 Å². The van der Waals surface area contributed by atoms with Crippen molar-refractivity contribution in [3.8, 4) is 0 Å². The van der Waals surface area contributed by atoms with Crippen LogP contribution in [0.4, 0.5) is 0 Å². The zero-order valence-electron chi connectivity index (χ0n) is 17.9. The molecule has 1 aliphatic heterocycles. The minimum Gasteiger partial charge on any atom is -0.339 e. The van der Waals surface area contributed by atoms with E-state index < -0.39 is 0 Å². The number of aromatic nitrogens is 1. The monoisotopic (exact) mass is 390 g/mol. The fourth-order valence-electron chi connectivity index (χ4n) is 8.18. The van der Waals surface area contributed by atoms with Gasteiger partial charge in [0.15, 0.2) is 0 Å². The number of hydrogen-bond acceptors (Lipinski definition) is 2. The van der Waals surface area contributed by atoms with Crippen molar-refractivity contribution in [2.24, 2.45) is 34.5 Å². The van der Waals surface area contributed by atoms with Crippen molar-refractivity contribution in [3.05, 3.63) is 36.2 Å². The number of amides is 1. The van der Waals surface area contributed by atoms with Gasteiger partial charge >= 0.3 is 0 Å². The topological polar surface area (TPSA) is 33.2 Å². The van der Waals surface area contributed by atoms with Crippen molar-refractivity contribution in [2.45, 2.75) is 71.3 Å². The van der Waals surface area contributed by atoms with Crippen LogP contribution in [0.1, 0.15) is 70.8 Å². The number of rotatable bonds is 2. The molecule has 1 amide bonds. The normalized spacial score (nSPS) is 43.4. The second-order valence-corrected chi connectivity index (χ2v) is 11.1. The number of nitrogens with zero attached hydrogens (tertiary/aromatic N) is 2. The molecule has 154 valence electrons. The van der Waals surface area contributed by atoms with Crippen LogP contribution in [-0.4, -0.2) is 28.4 Å². The quantitative estimate of drug-likeness (QED) is 0.684. The van der Waals surface area contributed by atoms with Crippen LogP contribution < -0.4 is 0 Å². The average Bonchev–Trinajstić information content (AvgIpc) is 3.43. The van der Waals surface area contributed by atoms with E-state index >= 15 is 0 Å². The second-order valence-electron chi connectivity index (χ2n) is 11.1. The van der Waals surface area contributed by atoms with E-state index in [-0.39, 0.29) is 0 Å². The molecule has 2 unspecified atom stereocenters. The van der Waals surface area contributed by atoms with Crippen molar-refractivity contribution in [2.75, 3.05) is 6.54 Å². The number of fused-ring (bicyclic) bond motifs is 5. The molecular formula is C26H34N2O. The highest BCUT2D eigenvalue weighted by atomic mass is 16.2. The molecule has 0 N–H and O–H groups in total. The fraction of sp³-hybridized carbons (Fsp3) is 0.692. The maximum absolute atomic E-state index is 12.9. The lowest BCUT2D eigenvalue weighted by molar-refractivity contribution is -0.138. The first kappa shape index (κ1) is 18.2. The van der Waals surface area contributed by atoms with E-state index in [9.17, 15) is 4.79 Å². The molecule has 0 aromatic carbocycles. The number of carbonyl (C=O) groups excluding carboxylic acids is 1. The molecule has 1 aromatic heterocycles. The molecular weight excluding hydrogens is 356 g/mol. The maximum atomic E-state index is 12.9. The second kappa shape index (κ2) is 6.18. The highest BCUT2D eigenvalue weighted by Crippen LogP contribution is 2.66. The Balaban J connectivity index is 1.27. The SMILES string of the molecule is C[C@]12CCN(C(=O)C3CC3)C1CC[C@@H]1C2CC[C@]2(C)C(c3cccnc3)=CC[C@@H]12.